The lowest BCUT2D eigenvalue weighted by molar-refractivity contribution is 0.458. The Balaban J connectivity index is 1.69. The van der Waals surface area contributed by atoms with Crippen molar-refractivity contribution >= 4 is 40.4 Å². The number of benzene rings is 2. The van der Waals surface area contributed by atoms with Crippen LogP contribution in [-0.2, 0) is 5.41 Å². The molecule has 1 atom stereocenters. The summed E-state index contributed by atoms with van der Waals surface area (Å²) < 4.78 is 1.33. The van der Waals surface area contributed by atoms with Crippen molar-refractivity contribution in [3.05, 3.63) is 97.4 Å². The van der Waals surface area contributed by atoms with Crippen LogP contribution < -0.4 is 10.6 Å². The molecule has 276 valence electrons. The zero-order chi connectivity index (χ0) is 35.9. The molecule has 2 aromatic rings. The van der Waals surface area contributed by atoms with Crippen LogP contribution in [0, 0.1) is 41.5 Å². The summed E-state index contributed by atoms with van der Waals surface area (Å²) in [5.41, 5.74) is 14.5. The molecule has 2 nitrogen and oxygen atoms in total. The second-order valence-electron chi connectivity index (χ2n) is 17.0. The highest BCUT2D eigenvalue weighted by Gasteiger charge is 2.54. The van der Waals surface area contributed by atoms with Crippen molar-refractivity contribution in [2.75, 3.05) is 13.1 Å². The van der Waals surface area contributed by atoms with Gasteiger partial charge < -0.3 is 10.6 Å². The molecule has 4 fully saturated rings. The largest absolute Gasteiger partial charge is 0.370 e. The maximum atomic E-state index is 9.00. The second-order valence-corrected chi connectivity index (χ2v) is 22.4. The maximum absolute atomic E-state index is 9.00. The standard InChI is InChI=1S/C46H63Cl2N2P/c1-30-26-32(3)40(33(4)27-30)41-39(47)22-23-46(43(41)44-49-24-25-50-44,42-34(5)28-31(2)29-35(42)6)45(48)51(36-16-10-7-11-17-36,37-18-12-8-13-19-37)38-20-14-9-15-21-38/h22-23,26-29,36-38,49-50H,7-21,24-25H2,1-6H3. The van der Waals surface area contributed by atoms with Crippen LogP contribution in [0.2, 0.25) is 0 Å². The molecule has 0 bridgehead atoms. The lowest BCUT2D eigenvalue weighted by Gasteiger charge is -2.54. The molecule has 2 N–H and O–H groups in total. The van der Waals surface area contributed by atoms with Crippen molar-refractivity contribution in [3.63, 3.8) is 0 Å². The number of hydrogen-bond acceptors (Lipinski definition) is 2. The summed E-state index contributed by atoms with van der Waals surface area (Å²) in [5, 5.41) is 8.62. The van der Waals surface area contributed by atoms with E-state index in [1.54, 1.807) is 0 Å². The van der Waals surface area contributed by atoms with Gasteiger partial charge in [-0.15, -0.1) is 0 Å². The molecule has 5 heteroatoms. The van der Waals surface area contributed by atoms with Gasteiger partial charge in [0, 0.05) is 34.0 Å². The van der Waals surface area contributed by atoms with Crippen LogP contribution in [0.5, 0.6) is 0 Å². The molecule has 1 unspecified atom stereocenters. The fourth-order valence-corrected chi connectivity index (χ4v) is 21.0. The summed E-state index contributed by atoms with van der Waals surface area (Å²) >= 11 is 16.6. The number of hydrogen-bond donors (Lipinski definition) is 2. The third kappa shape index (κ3) is 6.54. The van der Waals surface area contributed by atoms with Crippen LogP contribution in [0.3, 0.4) is 0 Å². The van der Waals surface area contributed by atoms with Crippen LogP contribution in [0.15, 0.2) is 52.8 Å². The smallest absolute Gasteiger partial charge is 0.104 e. The Hall–Kier alpha value is -1.86. The van der Waals surface area contributed by atoms with Gasteiger partial charge >= 0.3 is 0 Å². The summed E-state index contributed by atoms with van der Waals surface area (Å²) in [6.07, 6.45) is 25.2. The molecular weight excluding hydrogens is 682 g/mol. The minimum absolute atomic E-state index is 0.624. The normalized spacial score (nSPS) is 24.2. The number of nitrogens with one attached hydrogen (secondary N) is 2. The fraction of sp³-hybridized carbons (Fsp3) is 0.587. The van der Waals surface area contributed by atoms with E-state index in [4.69, 9.17) is 23.2 Å². The molecule has 3 saturated carbocycles. The molecule has 0 aromatic heterocycles. The van der Waals surface area contributed by atoms with E-state index in [-0.39, 0.29) is 0 Å². The molecule has 1 saturated heterocycles. The molecule has 7 rings (SSSR count). The molecule has 2 aromatic carbocycles. The highest BCUT2D eigenvalue weighted by atomic mass is 35.5. The topological polar surface area (TPSA) is 24.1 Å². The average molecular weight is 746 g/mol. The number of halogens is 2. The van der Waals surface area contributed by atoms with Gasteiger partial charge in [0.05, 0.1) is 5.41 Å². The van der Waals surface area contributed by atoms with E-state index in [2.05, 4.69) is 88.6 Å². The maximum Gasteiger partial charge on any atom is 0.104 e. The van der Waals surface area contributed by atoms with Gasteiger partial charge in [-0.05, 0) is 137 Å². The molecule has 4 aliphatic carbocycles. The molecule has 51 heavy (non-hydrogen) atoms. The summed E-state index contributed by atoms with van der Waals surface area (Å²) in [4.78, 5) is 0. The van der Waals surface area contributed by atoms with Crippen LogP contribution in [0.25, 0.3) is 5.57 Å². The molecule has 1 heterocycles. The fourth-order valence-electron chi connectivity index (χ4n) is 11.9. The summed E-state index contributed by atoms with van der Waals surface area (Å²) in [6, 6.07) is 9.52. The van der Waals surface area contributed by atoms with Gasteiger partial charge in [-0.2, -0.15) is 0 Å². The van der Waals surface area contributed by atoms with E-state index >= 15 is 0 Å². The predicted octanol–water partition coefficient (Wildman–Crippen LogP) is 12.8. The Kier molecular flexibility index (Phi) is 11.4. The second kappa shape index (κ2) is 15.5. The Morgan fingerprint density at radius 2 is 1.04 bits per heavy atom. The Morgan fingerprint density at radius 3 is 1.47 bits per heavy atom. The zero-order valence-electron chi connectivity index (χ0n) is 32.4. The third-order valence-electron chi connectivity index (χ3n) is 13.5. The first-order valence-corrected chi connectivity index (χ1v) is 23.3. The molecule has 1 aliphatic heterocycles. The highest BCUT2D eigenvalue weighted by Crippen LogP contribution is 2.74. The van der Waals surface area contributed by atoms with Crippen molar-refractivity contribution in [2.45, 2.75) is 160 Å². The molecule has 0 amide bonds. The monoisotopic (exact) mass is 744 g/mol. The van der Waals surface area contributed by atoms with Gasteiger partial charge in [-0.1, -0.05) is 129 Å². The van der Waals surface area contributed by atoms with E-state index in [1.807, 2.05) is 0 Å². The average Bonchev–Trinajstić information content (AvgIpc) is 3.65. The Morgan fingerprint density at radius 1 is 0.627 bits per heavy atom. The highest BCUT2D eigenvalue weighted by molar-refractivity contribution is 7.81. The minimum Gasteiger partial charge on any atom is -0.370 e. The van der Waals surface area contributed by atoms with Crippen LogP contribution in [0.1, 0.15) is 141 Å². The van der Waals surface area contributed by atoms with Gasteiger partial charge in [0.2, 0.25) is 0 Å². The van der Waals surface area contributed by atoms with Crippen molar-refractivity contribution < 1.29 is 0 Å². The lowest BCUT2D eigenvalue weighted by Crippen LogP contribution is -2.45. The quantitative estimate of drug-likeness (QED) is 0.288. The molecule has 0 spiro atoms. The first-order valence-electron chi connectivity index (χ1n) is 20.5. The lowest BCUT2D eigenvalue weighted by atomic mass is 9.65. The zero-order valence-corrected chi connectivity index (χ0v) is 34.8. The van der Waals surface area contributed by atoms with E-state index in [0.29, 0.717) is 17.0 Å². The molecule has 0 radical (unpaired) electrons. The molecule has 5 aliphatic rings. The van der Waals surface area contributed by atoms with Crippen molar-refractivity contribution in [1.29, 1.82) is 0 Å². The van der Waals surface area contributed by atoms with Gasteiger partial charge in [0.1, 0.15) is 5.82 Å². The van der Waals surface area contributed by atoms with Crippen LogP contribution in [0.4, 0.5) is 0 Å². The minimum atomic E-state index is -1.94. The van der Waals surface area contributed by atoms with Crippen LogP contribution >= 0.6 is 30.1 Å². The number of aryl methyl sites for hydroxylation is 6. The molecular formula is C46H63Cl2N2P. The van der Waals surface area contributed by atoms with Crippen molar-refractivity contribution in [3.8, 4) is 0 Å². The van der Waals surface area contributed by atoms with Gasteiger partial charge in [-0.25, -0.2) is 0 Å². The first-order chi connectivity index (χ1) is 24.6. The third-order valence-corrected chi connectivity index (χ3v) is 21.2. The van der Waals surface area contributed by atoms with Crippen LogP contribution in [-0.4, -0.2) is 34.8 Å². The Bertz CT molecular complexity index is 1690. The predicted molar refractivity (Wildman–Crippen MR) is 226 cm³/mol. The van der Waals surface area contributed by atoms with E-state index in [0.717, 1.165) is 29.5 Å². The summed E-state index contributed by atoms with van der Waals surface area (Å²) in [7, 11) is 0. The van der Waals surface area contributed by atoms with Gasteiger partial charge in [0.25, 0.3) is 0 Å². The first kappa shape index (κ1) is 37.5. The van der Waals surface area contributed by atoms with E-state index < -0.39 is 12.3 Å². The van der Waals surface area contributed by atoms with Gasteiger partial charge in [-0.3, -0.25) is 0 Å². The summed E-state index contributed by atoms with van der Waals surface area (Å²) in [6.45, 7) is 13.6. The number of rotatable bonds is 6. The number of allylic oxidation sites excluding steroid dienone is 5. The summed E-state index contributed by atoms with van der Waals surface area (Å²) in [5.74, 6) is 1.12. The van der Waals surface area contributed by atoms with E-state index in [1.165, 1.54) is 151 Å². The van der Waals surface area contributed by atoms with Crippen molar-refractivity contribution in [2.24, 2.45) is 0 Å². The van der Waals surface area contributed by atoms with Gasteiger partial charge in [0.15, 0.2) is 0 Å². The Labute approximate surface area is 320 Å². The van der Waals surface area contributed by atoms with E-state index in [9.17, 15) is 0 Å². The SMILES string of the molecule is Cc1cc(C)c(C2=C(Cl)C=CC(C(Cl)=P(C3CCCCC3)(C3CCCCC3)C3CCCCC3)(c3c(C)cc(C)cc3C)C2=C2NCCN2)c(C)c1. The van der Waals surface area contributed by atoms with Crippen molar-refractivity contribution in [1.82, 2.24) is 10.6 Å².